The molecule has 0 spiro atoms. The first kappa shape index (κ1) is 9.45. The summed E-state index contributed by atoms with van der Waals surface area (Å²) in [4.78, 5) is 4.45. The fraction of sp³-hybridized carbons (Fsp3) is 0.462. The molecular weight excluding hydrogens is 170 g/mol. The van der Waals surface area contributed by atoms with Gasteiger partial charge in [0.15, 0.2) is 0 Å². The van der Waals surface area contributed by atoms with Crippen LogP contribution in [0, 0.1) is 5.92 Å². The molecule has 1 heterocycles. The third-order valence-corrected chi connectivity index (χ3v) is 3.10. The van der Waals surface area contributed by atoms with E-state index in [1.54, 1.807) is 0 Å². The van der Waals surface area contributed by atoms with Crippen LogP contribution < -0.4 is 0 Å². The molecule has 1 aromatic rings. The van der Waals surface area contributed by atoms with Gasteiger partial charge in [0.2, 0.25) is 0 Å². The van der Waals surface area contributed by atoms with Gasteiger partial charge in [-0.05, 0) is 37.8 Å². The Labute approximate surface area is 85.9 Å². The van der Waals surface area contributed by atoms with Gasteiger partial charge in [-0.1, -0.05) is 24.6 Å². The van der Waals surface area contributed by atoms with Gasteiger partial charge in [0.05, 0.1) is 0 Å². The van der Waals surface area contributed by atoms with Gasteiger partial charge in [-0.2, -0.15) is 0 Å². The van der Waals surface area contributed by atoms with Crippen molar-refractivity contribution in [2.24, 2.45) is 5.92 Å². The van der Waals surface area contributed by atoms with Crippen LogP contribution in [0.2, 0.25) is 0 Å². The van der Waals surface area contributed by atoms with Crippen molar-refractivity contribution in [2.75, 3.05) is 0 Å². The topological polar surface area (TPSA) is 12.9 Å². The first-order valence-corrected chi connectivity index (χ1v) is 5.35. The second-order valence-corrected chi connectivity index (χ2v) is 4.27. The first-order chi connectivity index (χ1) is 6.77. The van der Waals surface area contributed by atoms with Crippen LogP contribution in [-0.2, 0) is 0 Å². The summed E-state index contributed by atoms with van der Waals surface area (Å²) in [6.45, 7) is 4.52. The van der Waals surface area contributed by atoms with E-state index in [1.165, 1.54) is 24.1 Å². The maximum atomic E-state index is 4.45. The molecule has 2 atom stereocenters. The number of aromatic nitrogens is 1. The lowest BCUT2D eigenvalue weighted by molar-refractivity contribution is 0.470. The lowest BCUT2D eigenvalue weighted by Crippen LogP contribution is -2.13. The third-order valence-electron chi connectivity index (χ3n) is 3.10. The number of allylic oxidation sites excluding steroid dienone is 2. The quantitative estimate of drug-likeness (QED) is 0.613. The monoisotopic (exact) mass is 187 g/mol. The standard InChI is InChI=1S/C13H17N/c1-10-6-7-12(11(2)9-10)13-5-3-4-8-14-13/h3-5,8-9,11-12H,6-7H2,1-2H3/t11-,12+/m0/s1. The number of hydrogen-bond donors (Lipinski definition) is 0. The predicted molar refractivity (Wildman–Crippen MR) is 59.1 cm³/mol. The highest BCUT2D eigenvalue weighted by Gasteiger charge is 2.22. The molecule has 1 heteroatoms. The zero-order valence-corrected chi connectivity index (χ0v) is 8.90. The molecule has 0 aliphatic heterocycles. The molecule has 0 amide bonds. The number of rotatable bonds is 1. The Hall–Kier alpha value is -1.11. The summed E-state index contributed by atoms with van der Waals surface area (Å²) in [7, 11) is 0. The van der Waals surface area contributed by atoms with Crippen LogP contribution in [0.15, 0.2) is 36.0 Å². The maximum Gasteiger partial charge on any atom is 0.0440 e. The highest BCUT2D eigenvalue weighted by Crippen LogP contribution is 2.34. The van der Waals surface area contributed by atoms with Gasteiger partial charge in [-0.25, -0.2) is 0 Å². The zero-order chi connectivity index (χ0) is 9.97. The van der Waals surface area contributed by atoms with Gasteiger partial charge >= 0.3 is 0 Å². The van der Waals surface area contributed by atoms with Crippen LogP contribution in [0.5, 0.6) is 0 Å². The summed E-state index contributed by atoms with van der Waals surface area (Å²) in [6, 6.07) is 6.22. The molecule has 74 valence electrons. The average molecular weight is 187 g/mol. The first-order valence-electron chi connectivity index (χ1n) is 5.35. The van der Waals surface area contributed by atoms with Crippen LogP contribution in [0.25, 0.3) is 0 Å². The Balaban J connectivity index is 2.21. The normalized spacial score (nSPS) is 27.1. The van der Waals surface area contributed by atoms with Crippen LogP contribution in [0.1, 0.15) is 38.3 Å². The molecule has 14 heavy (non-hydrogen) atoms. The smallest absolute Gasteiger partial charge is 0.0440 e. The van der Waals surface area contributed by atoms with E-state index in [4.69, 9.17) is 0 Å². The SMILES string of the molecule is CC1=C[C@H](C)[C@H](c2ccccn2)CC1. The van der Waals surface area contributed by atoms with Crippen LogP contribution in [0.4, 0.5) is 0 Å². The van der Waals surface area contributed by atoms with Crippen molar-refractivity contribution < 1.29 is 0 Å². The molecule has 0 fully saturated rings. The van der Waals surface area contributed by atoms with E-state index in [0.29, 0.717) is 11.8 Å². The van der Waals surface area contributed by atoms with E-state index < -0.39 is 0 Å². The molecular formula is C13H17N. The van der Waals surface area contributed by atoms with Crippen molar-refractivity contribution in [1.82, 2.24) is 4.98 Å². The highest BCUT2D eigenvalue weighted by molar-refractivity contribution is 5.18. The largest absolute Gasteiger partial charge is 0.261 e. The second-order valence-electron chi connectivity index (χ2n) is 4.27. The summed E-state index contributed by atoms with van der Waals surface area (Å²) < 4.78 is 0. The minimum Gasteiger partial charge on any atom is -0.261 e. The van der Waals surface area contributed by atoms with Gasteiger partial charge < -0.3 is 0 Å². The van der Waals surface area contributed by atoms with Crippen LogP contribution in [-0.4, -0.2) is 4.98 Å². The van der Waals surface area contributed by atoms with E-state index in [-0.39, 0.29) is 0 Å². The number of nitrogens with zero attached hydrogens (tertiary/aromatic N) is 1. The van der Waals surface area contributed by atoms with Gasteiger partial charge in [0.1, 0.15) is 0 Å². The number of pyridine rings is 1. The van der Waals surface area contributed by atoms with E-state index in [2.05, 4.69) is 37.0 Å². The second kappa shape index (κ2) is 3.95. The molecule has 2 rings (SSSR count). The van der Waals surface area contributed by atoms with Crippen LogP contribution in [0.3, 0.4) is 0 Å². The lowest BCUT2D eigenvalue weighted by Gasteiger charge is -2.26. The molecule has 1 aliphatic carbocycles. The summed E-state index contributed by atoms with van der Waals surface area (Å²) >= 11 is 0. The van der Waals surface area contributed by atoms with Gasteiger partial charge in [0.25, 0.3) is 0 Å². The maximum absolute atomic E-state index is 4.45. The fourth-order valence-corrected chi connectivity index (χ4v) is 2.31. The predicted octanol–water partition coefficient (Wildman–Crippen LogP) is 3.54. The van der Waals surface area contributed by atoms with Crippen molar-refractivity contribution in [3.05, 3.63) is 41.7 Å². The highest BCUT2D eigenvalue weighted by atomic mass is 14.7. The fourth-order valence-electron chi connectivity index (χ4n) is 2.31. The molecule has 0 N–H and O–H groups in total. The van der Waals surface area contributed by atoms with E-state index in [0.717, 1.165) is 0 Å². The summed E-state index contributed by atoms with van der Waals surface area (Å²) in [6.07, 6.45) is 6.77. The molecule has 0 unspecified atom stereocenters. The third kappa shape index (κ3) is 1.87. The average Bonchev–Trinajstić information content (AvgIpc) is 2.19. The van der Waals surface area contributed by atoms with E-state index >= 15 is 0 Å². The number of hydrogen-bond acceptors (Lipinski definition) is 1. The minimum atomic E-state index is 0.625. The van der Waals surface area contributed by atoms with Crippen molar-refractivity contribution in [3.8, 4) is 0 Å². The molecule has 1 aromatic heterocycles. The molecule has 0 saturated carbocycles. The zero-order valence-electron chi connectivity index (χ0n) is 8.90. The Bertz CT molecular complexity index is 326. The molecule has 0 bridgehead atoms. The van der Waals surface area contributed by atoms with Gasteiger partial charge in [0, 0.05) is 17.8 Å². The van der Waals surface area contributed by atoms with Crippen molar-refractivity contribution in [3.63, 3.8) is 0 Å². The lowest BCUT2D eigenvalue weighted by atomic mass is 9.80. The van der Waals surface area contributed by atoms with Gasteiger partial charge in [-0.15, -0.1) is 0 Å². The summed E-state index contributed by atoms with van der Waals surface area (Å²) in [5.74, 6) is 1.26. The molecule has 0 radical (unpaired) electrons. The van der Waals surface area contributed by atoms with Crippen molar-refractivity contribution in [2.45, 2.75) is 32.6 Å². The van der Waals surface area contributed by atoms with E-state index in [9.17, 15) is 0 Å². The Kier molecular flexibility index (Phi) is 2.67. The molecule has 0 aromatic carbocycles. The molecule has 0 saturated heterocycles. The summed E-state index contributed by atoms with van der Waals surface area (Å²) in [5.41, 5.74) is 2.79. The van der Waals surface area contributed by atoms with Crippen molar-refractivity contribution >= 4 is 0 Å². The Morgan fingerprint density at radius 1 is 1.36 bits per heavy atom. The van der Waals surface area contributed by atoms with Crippen LogP contribution >= 0.6 is 0 Å². The minimum absolute atomic E-state index is 0.625. The summed E-state index contributed by atoms with van der Waals surface area (Å²) in [5, 5.41) is 0. The molecule has 1 nitrogen and oxygen atoms in total. The Morgan fingerprint density at radius 3 is 2.86 bits per heavy atom. The van der Waals surface area contributed by atoms with E-state index in [1.807, 2.05) is 12.3 Å². The van der Waals surface area contributed by atoms with Crippen molar-refractivity contribution in [1.29, 1.82) is 0 Å². The molecule has 1 aliphatic rings. The Morgan fingerprint density at radius 2 is 2.21 bits per heavy atom. The van der Waals surface area contributed by atoms with Gasteiger partial charge in [-0.3, -0.25) is 4.98 Å².